The number of para-hydroxylation sites is 1. The lowest BCUT2D eigenvalue weighted by atomic mass is 10.3. The maximum Gasteiger partial charge on any atom is 0.265 e. The Kier molecular flexibility index (Phi) is 4.17. The molecular weight excluding hydrogens is 351 g/mol. The molecule has 0 fully saturated rings. The molecule has 0 aliphatic rings. The van der Waals surface area contributed by atoms with Crippen LogP contribution in [0.4, 0.5) is 10.1 Å². The molecule has 1 aromatic carbocycles. The minimum absolute atomic E-state index is 0.0619. The number of nitrogens with one attached hydrogen (secondary N) is 1. The zero-order valence-corrected chi connectivity index (χ0v) is 12.9. The first kappa shape index (κ1) is 15.0. The highest BCUT2D eigenvalue weighted by atomic mass is 79.9. The third-order valence-electron chi connectivity index (χ3n) is 2.61. The fourth-order valence-corrected chi connectivity index (χ4v) is 3.54. The standard InChI is InChI=1S/C12H12BrFN2O3S/c1-7-11(5-8(6-15)19-7)20(17,18)16-12-9(13)3-2-4-10(12)14/h2-5,16H,6,15H2,1H3. The Morgan fingerprint density at radius 1 is 1.45 bits per heavy atom. The molecule has 108 valence electrons. The van der Waals surface area contributed by atoms with Crippen LogP contribution in [-0.2, 0) is 16.6 Å². The van der Waals surface area contributed by atoms with E-state index >= 15 is 0 Å². The normalized spacial score (nSPS) is 11.6. The third kappa shape index (κ3) is 2.87. The highest BCUT2D eigenvalue weighted by molar-refractivity contribution is 9.10. The lowest BCUT2D eigenvalue weighted by Gasteiger charge is -2.09. The van der Waals surface area contributed by atoms with E-state index in [1.54, 1.807) is 0 Å². The van der Waals surface area contributed by atoms with Gasteiger partial charge >= 0.3 is 0 Å². The number of rotatable bonds is 4. The Morgan fingerprint density at radius 2 is 2.15 bits per heavy atom. The topological polar surface area (TPSA) is 85.3 Å². The van der Waals surface area contributed by atoms with Gasteiger partial charge in [-0.05, 0) is 35.0 Å². The molecule has 3 N–H and O–H groups in total. The fraction of sp³-hybridized carbons (Fsp3) is 0.167. The summed E-state index contributed by atoms with van der Waals surface area (Å²) in [6.07, 6.45) is 0. The van der Waals surface area contributed by atoms with Crippen molar-refractivity contribution in [2.75, 3.05) is 4.72 Å². The van der Waals surface area contributed by atoms with Crippen LogP contribution >= 0.6 is 15.9 Å². The van der Waals surface area contributed by atoms with Gasteiger partial charge in [0.1, 0.15) is 22.2 Å². The Labute approximate surface area is 124 Å². The molecule has 0 saturated heterocycles. The number of sulfonamides is 1. The molecule has 0 unspecified atom stereocenters. The average Bonchev–Trinajstić information content (AvgIpc) is 2.76. The van der Waals surface area contributed by atoms with E-state index in [2.05, 4.69) is 20.7 Å². The molecular formula is C12H12BrFN2O3S. The molecule has 0 spiro atoms. The van der Waals surface area contributed by atoms with Crippen LogP contribution in [0.2, 0.25) is 0 Å². The molecule has 0 radical (unpaired) electrons. The predicted octanol–water partition coefficient (Wildman–Crippen LogP) is 2.75. The molecule has 0 bridgehead atoms. The summed E-state index contributed by atoms with van der Waals surface area (Å²) < 4.78 is 45.9. The van der Waals surface area contributed by atoms with Gasteiger partial charge in [0.05, 0.1) is 12.2 Å². The van der Waals surface area contributed by atoms with Crippen LogP contribution in [0.25, 0.3) is 0 Å². The van der Waals surface area contributed by atoms with Gasteiger partial charge in [0.25, 0.3) is 10.0 Å². The lowest BCUT2D eigenvalue weighted by molar-refractivity contribution is 0.479. The molecule has 2 aromatic rings. The van der Waals surface area contributed by atoms with E-state index in [1.165, 1.54) is 25.1 Å². The molecule has 1 aromatic heterocycles. The quantitative estimate of drug-likeness (QED) is 0.875. The van der Waals surface area contributed by atoms with Gasteiger partial charge in [-0.1, -0.05) is 6.07 Å². The highest BCUT2D eigenvalue weighted by Crippen LogP contribution is 2.29. The summed E-state index contributed by atoms with van der Waals surface area (Å²) in [5.74, 6) is -0.135. The van der Waals surface area contributed by atoms with Crippen molar-refractivity contribution in [3.05, 3.63) is 46.1 Å². The number of hydrogen-bond acceptors (Lipinski definition) is 4. The zero-order chi connectivity index (χ0) is 14.9. The molecule has 0 saturated carbocycles. The van der Waals surface area contributed by atoms with E-state index in [-0.39, 0.29) is 22.9 Å². The minimum atomic E-state index is -3.95. The summed E-state index contributed by atoms with van der Waals surface area (Å²) in [6.45, 7) is 1.59. The van der Waals surface area contributed by atoms with Gasteiger partial charge in [0.15, 0.2) is 0 Å². The minimum Gasteiger partial charge on any atom is -0.464 e. The van der Waals surface area contributed by atoms with Crippen molar-refractivity contribution < 1.29 is 17.2 Å². The van der Waals surface area contributed by atoms with Gasteiger partial charge in [0, 0.05) is 10.5 Å². The maximum atomic E-state index is 13.7. The first-order valence-electron chi connectivity index (χ1n) is 5.61. The summed E-state index contributed by atoms with van der Waals surface area (Å²) in [4.78, 5) is -0.0619. The molecule has 0 amide bonds. The van der Waals surface area contributed by atoms with E-state index in [0.717, 1.165) is 6.07 Å². The molecule has 0 aliphatic heterocycles. The molecule has 5 nitrogen and oxygen atoms in total. The second-order valence-electron chi connectivity index (χ2n) is 4.04. The molecule has 0 aliphatic carbocycles. The van der Waals surface area contributed by atoms with Crippen molar-refractivity contribution in [2.24, 2.45) is 5.73 Å². The summed E-state index contributed by atoms with van der Waals surface area (Å²) in [7, 11) is -3.95. The van der Waals surface area contributed by atoms with Gasteiger partial charge in [0.2, 0.25) is 0 Å². The Morgan fingerprint density at radius 3 is 2.70 bits per heavy atom. The maximum absolute atomic E-state index is 13.7. The summed E-state index contributed by atoms with van der Waals surface area (Å²) in [6, 6.07) is 5.49. The van der Waals surface area contributed by atoms with E-state index in [1.807, 2.05) is 0 Å². The number of nitrogens with two attached hydrogens (primary N) is 1. The van der Waals surface area contributed by atoms with Gasteiger partial charge < -0.3 is 10.2 Å². The third-order valence-corrected chi connectivity index (χ3v) is 4.73. The summed E-state index contributed by atoms with van der Waals surface area (Å²) in [5.41, 5.74) is 5.25. The first-order chi connectivity index (χ1) is 9.35. The number of furan rings is 1. The summed E-state index contributed by atoms with van der Waals surface area (Å²) >= 11 is 3.10. The van der Waals surface area contributed by atoms with Gasteiger partial charge in [-0.25, -0.2) is 12.8 Å². The number of anilines is 1. The van der Waals surface area contributed by atoms with Crippen molar-refractivity contribution in [1.82, 2.24) is 0 Å². The molecule has 2 rings (SSSR count). The van der Waals surface area contributed by atoms with E-state index in [0.29, 0.717) is 10.2 Å². The number of benzene rings is 1. The summed E-state index contributed by atoms with van der Waals surface area (Å²) in [5, 5.41) is 0. The van der Waals surface area contributed by atoms with Gasteiger partial charge in [-0.2, -0.15) is 0 Å². The Balaban J connectivity index is 2.43. The second-order valence-corrected chi connectivity index (χ2v) is 6.54. The lowest BCUT2D eigenvalue weighted by Crippen LogP contribution is -2.14. The van der Waals surface area contributed by atoms with Crippen molar-refractivity contribution in [1.29, 1.82) is 0 Å². The SMILES string of the molecule is Cc1oc(CN)cc1S(=O)(=O)Nc1c(F)cccc1Br. The van der Waals surface area contributed by atoms with Crippen molar-refractivity contribution >= 4 is 31.6 Å². The van der Waals surface area contributed by atoms with Crippen molar-refractivity contribution in [3.8, 4) is 0 Å². The number of aryl methyl sites for hydroxylation is 1. The Bertz CT molecular complexity index is 723. The Hall–Kier alpha value is -1.38. The molecule has 20 heavy (non-hydrogen) atoms. The van der Waals surface area contributed by atoms with Crippen LogP contribution in [0.1, 0.15) is 11.5 Å². The smallest absolute Gasteiger partial charge is 0.265 e. The molecule has 1 heterocycles. The van der Waals surface area contributed by atoms with Crippen LogP contribution in [0.5, 0.6) is 0 Å². The van der Waals surface area contributed by atoms with Crippen molar-refractivity contribution in [3.63, 3.8) is 0 Å². The average molecular weight is 363 g/mol. The number of hydrogen-bond donors (Lipinski definition) is 2. The highest BCUT2D eigenvalue weighted by Gasteiger charge is 2.23. The largest absolute Gasteiger partial charge is 0.464 e. The second kappa shape index (κ2) is 5.55. The van der Waals surface area contributed by atoms with Gasteiger partial charge in [-0.15, -0.1) is 0 Å². The fourth-order valence-electron chi connectivity index (χ4n) is 1.68. The van der Waals surface area contributed by atoms with Gasteiger partial charge in [-0.3, -0.25) is 4.72 Å². The van der Waals surface area contributed by atoms with E-state index in [9.17, 15) is 12.8 Å². The molecule has 8 heteroatoms. The predicted molar refractivity (Wildman–Crippen MR) is 76.2 cm³/mol. The zero-order valence-electron chi connectivity index (χ0n) is 10.5. The molecule has 0 atom stereocenters. The van der Waals surface area contributed by atoms with Crippen LogP contribution in [0.15, 0.2) is 38.1 Å². The first-order valence-corrected chi connectivity index (χ1v) is 7.89. The van der Waals surface area contributed by atoms with Crippen LogP contribution in [-0.4, -0.2) is 8.42 Å². The van der Waals surface area contributed by atoms with Crippen molar-refractivity contribution in [2.45, 2.75) is 18.4 Å². The van der Waals surface area contributed by atoms with Crippen LogP contribution < -0.4 is 10.5 Å². The van der Waals surface area contributed by atoms with Crippen LogP contribution in [0, 0.1) is 12.7 Å². The number of halogens is 2. The van der Waals surface area contributed by atoms with E-state index < -0.39 is 15.8 Å². The van der Waals surface area contributed by atoms with Crippen LogP contribution in [0.3, 0.4) is 0 Å². The monoisotopic (exact) mass is 362 g/mol. The van der Waals surface area contributed by atoms with E-state index in [4.69, 9.17) is 10.2 Å².